The Kier molecular flexibility index (Phi) is 4.95. The minimum atomic E-state index is -4.24. The van der Waals surface area contributed by atoms with E-state index in [4.69, 9.17) is 9.63 Å². The molecule has 12 heteroatoms. The van der Waals surface area contributed by atoms with Crippen molar-refractivity contribution < 1.29 is 32.7 Å². The maximum atomic E-state index is 13.2. The van der Waals surface area contributed by atoms with Crippen LogP contribution in [0.25, 0.3) is 0 Å². The van der Waals surface area contributed by atoms with Crippen molar-refractivity contribution in [3.05, 3.63) is 32.9 Å². The van der Waals surface area contributed by atoms with Crippen LogP contribution in [-0.4, -0.2) is 45.5 Å². The first kappa shape index (κ1) is 17.0. The predicted molar refractivity (Wildman–Crippen MR) is 68.6 cm³/mol. The summed E-state index contributed by atoms with van der Waals surface area (Å²) in [7, 11) is -3.26. The molecule has 10 nitrogen and oxygen atoms in total. The third kappa shape index (κ3) is 3.69. The first-order valence-electron chi connectivity index (χ1n) is 6.11. The number of phosphoric ester groups is 1. The van der Waals surface area contributed by atoms with Gasteiger partial charge in [0, 0.05) is 13.5 Å². The number of hydrogen-bond donors (Lipinski definition) is 3. The second kappa shape index (κ2) is 6.41. The maximum absolute atomic E-state index is 13.2. The molecule has 2 rings (SSSR count). The minimum absolute atomic E-state index is 0.0951. The number of aromatic amines is 1. The summed E-state index contributed by atoms with van der Waals surface area (Å²) < 4.78 is 39.2. The Morgan fingerprint density at radius 1 is 1.59 bits per heavy atom. The highest BCUT2D eigenvalue weighted by Gasteiger charge is 2.37. The van der Waals surface area contributed by atoms with Gasteiger partial charge >= 0.3 is 13.5 Å². The molecule has 0 radical (unpaired) electrons. The molecule has 0 bridgehead atoms. The van der Waals surface area contributed by atoms with Crippen LogP contribution in [0.1, 0.15) is 12.6 Å². The van der Waals surface area contributed by atoms with Crippen molar-refractivity contribution in [2.75, 3.05) is 13.7 Å². The second-order valence-corrected chi connectivity index (χ2v) is 6.08. The highest BCUT2D eigenvalue weighted by molar-refractivity contribution is 7.47. The lowest BCUT2D eigenvalue weighted by molar-refractivity contribution is -0.0460. The third-order valence-corrected chi connectivity index (χ3v) is 4.01. The van der Waals surface area contributed by atoms with E-state index in [1.807, 2.05) is 0 Å². The van der Waals surface area contributed by atoms with E-state index in [1.165, 1.54) is 0 Å². The molecule has 1 aromatic heterocycles. The number of aromatic nitrogens is 2. The van der Waals surface area contributed by atoms with E-state index in [9.17, 15) is 23.7 Å². The molecule has 0 spiro atoms. The summed E-state index contributed by atoms with van der Waals surface area (Å²) in [4.78, 5) is 33.4. The van der Waals surface area contributed by atoms with Gasteiger partial charge in [-0.15, -0.1) is 0 Å². The largest absolute Gasteiger partial charge is 0.472 e. The van der Waals surface area contributed by atoms with Crippen molar-refractivity contribution in [1.29, 1.82) is 0 Å². The van der Waals surface area contributed by atoms with Gasteiger partial charge in [0.15, 0.2) is 0 Å². The van der Waals surface area contributed by atoms with E-state index in [0.717, 1.165) is 11.7 Å². The van der Waals surface area contributed by atoms with Gasteiger partial charge in [0.2, 0.25) is 5.82 Å². The van der Waals surface area contributed by atoms with E-state index in [1.54, 1.807) is 4.98 Å². The average molecular weight is 340 g/mol. The smallest absolute Gasteiger partial charge is 0.390 e. The van der Waals surface area contributed by atoms with Crippen LogP contribution in [0.15, 0.2) is 15.8 Å². The van der Waals surface area contributed by atoms with E-state index in [0.29, 0.717) is 6.20 Å². The zero-order valence-electron chi connectivity index (χ0n) is 11.3. The van der Waals surface area contributed by atoms with Crippen LogP contribution in [0.3, 0.4) is 0 Å². The number of rotatable bonds is 5. The molecule has 124 valence electrons. The molecule has 0 saturated carbocycles. The van der Waals surface area contributed by atoms with E-state index in [2.05, 4.69) is 9.05 Å². The summed E-state index contributed by atoms with van der Waals surface area (Å²) in [5.41, 5.74) is -2.07. The summed E-state index contributed by atoms with van der Waals surface area (Å²) in [6.07, 6.45) is -2.63. The van der Waals surface area contributed by atoms with Crippen LogP contribution < -0.4 is 11.2 Å². The van der Waals surface area contributed by atoms with Crippen LogP contribution in [-0.2, 0) is 18.3 Å². The van der Waals surface area contributed by atoms with Crippen molar-refractivity contribution in [1.82, 2.24) is 9.55 Å². The first-order valence-corrected chi connectivity index (χ1v) is 7.60. The Labute approximate surface area is 122 Å². The van der Waals surface area contributed by atoms with Crippen molar-refractivity contribution in [3.8, 4) is 0 Å². The van der Waals surface area contributed by atoms with Gasteiger partial charge in [-0.2, -0.15) is 4.39 Å². The zero-order chi connectivity index (χ0) is 16.5. The van der Waals surface area contributed by atoms with Gasteiger partial charge in [-0.3, -0.25) is 23.4 Å². The van der Waals surface area contributed by atoms with Gasteiger partial charge in [0.1, 0.15) is 12.3 Å². The monoisotopic (exact) mass is 340 g/mol. The summed E-state index contributed by atoms with van der Waals surface area (Å²) in [6, 6.07) is 0. The SMILES string of the molecule is COP(=O)(O)OC[C@H]1O[C@@H](n2cc(F)c(=O)[nH]c2=O)C[C@H]1O. The molecule has 0 aliphatic carbocycles. The maximum Gasteiger partial charge on any atom is 0.472 e. The van der Waals surface area contributed by atoms with Crippen LogP contribution >= 0.6 is 7.82 Å². The van der Waals surface area contributed by atoms with Crippen LogP contribution in [0, 0.1) is 5.82 Å². The molecule has 0 aromatic carbocycles. The first-order chi connectivity index (χ1) is 10.2. The van der Waals surface area contributed by atoms with Crippen molar-refractivity contribution in [2.24, 2.45) is 0 Å². The molecule has 1 fully saturated rings. The average Bonchev–Trinajstić information content (AvgIpc) is 2.82. The number of hydrogen-bond acceptors (Lipinski definition) is 7. The predicted octanol–water partition coefficient (Wildman–Crippen LogP) is -0.913. The Morgan fingerprint density at radius 3 is 2.91 bits per heavy atom. The zero-order valence-corrected chi connectivity index (χ0v) is 12.2. The minimum Gasteiger partial charge on any atom is -0.390 e. The second-order valence-electron chi connectivity index (χ2n) is 4.52. The molecule has 0 amide bonds. The normalized spacial score (nSPS) is 27.7. The lowest BCUT2D eigenvalue weighted by Crippen LogP contribution is -2.34. The topological polar surface area (TPSA) is 140 Å². The molecule has 1 aliphatic heterocycles. The van der Waals surface area contributed by atoms with Gasteiger partial charge in [-0.1, -0.05) is 0 Å². The van der Waals surface area contributed by atoms with E-state index in [-0.39, 0.29) is 6.42 Å². The number of aliphatic hydroxyl groups excluding tert-OH is 1. The van der Waals surface area contributed by atoms with Crippen LogP contribution in [0.4, 0.5) is 4.39 Å². The Balaban J connectivity index is 2.11. The summed E-state index contributed by atoms with van der Waals surface area (Å²) in [5.74, 6) is -1.18. The number of H-pyrrole nitrogens is 1. The molecule has 4 atom stereocenters. The van der Waals surface area contributed by atoms with Gasteiger partial charge in [0.25, 0.3) is 5.56 Å². The van der Waals surface area contributed by atoms with E-state index >= 15 is 0 Å². The van der Waals surface area contributed by atoms with Crippen molar-refractivity contribution in [3.63, 3.8) is 0 Å². The molecule has 22 heavy (non-hydrogen) atoms. The summed E-state index contributed by atoms with van der Waals surface area (Å²) in [6.45, 7) is -0.472. The van der Waals surface area contributed by atoms with Gasteiger partial charge in [-0.25, -0.2) is 9.36 Å². The molecule has 1 aromatic rings. The van der Waals surface area contributed by atoms with Gasteiger partial charge in [0.05, 0.1) is 18.9 Å². The standard InChI is InChI=1S/C10H14FN2O8P/c1-19-22(17,18)20-4-7-6(14)2-8(21-7)13-3-5(11)9(15)12-10(13)16/h3,6-8,14H,2,4H2,1H3,(H,17,18)(H,12,15,16)/t6-,7-,8-/m1/s1. The Bertz CT molecular complexity index is 703. The van der Waals surface area contributed by atoms with E-state index < -0.39 is 49.9 Å². The Hall–Kier alpha value is -1.36. The molecule has 1 aliphatic rings. The van der Waals surface area contributed by atoms with Crippen LogP contribution in [0.5, 0.6) is 0 Å². The number of ether oxygens (including phenoxy) is 1. The van der Waals surface area contributed by atoms with Crippen LogP contribution in [0.2, 0.25) is 0 Å². The highest BCUT2D eigenvalue weighted by atomic mass is 31.2. The summed E-state index contributed by atoms with van der Waals surface area (Å²) >= 11 is 0. The lowest BCUT2D eigenvalue weighted by Gasteiger charge is -2.17. The fraction of sp³-hybridized carbons (Fsp3) is 0.600. The van der Waals surface area contributed by atoms with Gasteiger partial charge < -0.3 is 14.7 Å². The molecule has 1 unspecified atom stereocenters. The molecule has 2 heterocycles. The molecular weight excluding hydrogens is 326 g/mol. The molecule has 3 N–H and O–H groups in total. The number of phosphoric acid groups is 1. The number of aliphatic hydroxyl groups is 1. The van der Waals surface area contributed by atoms with Crippen molar-refractivity contribution >= 4 is 7.82 Å². The van der Waals surface area contributed by atoms with Gasteiger partial charge in [-0.05, 0) is 0 Å². The third-order valence-electron chi connectivity index (χ3n) is 3.07. The fourth-order valence-corrected chi connectivity index (χ4v) is 2.37. The summed E-state index contributed by atoms with van der Waals surface area (Å²) in [5, 5.41) is 9.81. The number of halogens is 1. The number of nitrogens with zero attached hydrogens (tertiary/aromatic N) is 1. The quantitative estimate of drug-likeness (QED) is 0.585. The Morgan fingerprint density at radius 2 is 2.27 bits per heavy atom. The molecule has 1 saturated heterocycles. The van der Waals surface area contributed by atoms with Crippen molar-refractivity contribution in [2.45, 2.75) is 24.9 Å². The number of nitrogens with one attached hydrogen (secondary N) is 1. The highest BCUT2D eigenvalue weighted by Crippen LogP contribution is 2.43. The fourth-order valence-electron chi connectivity index (χ4n) is 1.93. The lowest BCUT2D eigenvalue weighted by atomic mass is 10.2. The molecular formula is C10H14FN2O8P.